The van der Waals surface area contributed by atoms with Gasteiger partial charge in [0.15, 0.2) is 0 Å². The molecular weight excluding hydrogens is 256 g/mol. The highest BCUT2D eigenvalue weighted by molar-refractivity contribution is 7.10. The predicted molar refractivity (Wildman–Crippen MR) is 80.8 cm³/mol. The number of anilines is 1. The maximum absolute atomic E-state index is 11.8. The van der Waals surface area contributed by atoms with Gasteiger partial charge in [-0.05, 0) is 42.1 Å². The highest BCUT2D eigenvalue weighted by Gasteiger charge is 2.07. The second kappa shape index (κ2) is 6.20. The van der Waals surface area contributed by atoms with Crippen LogP contribution in [0.5, 0.6) is 0 Å². The Balaban J connectivity index is 1.94. The van der Waals surface area contributed by atoms with E-state index < -0.39 is 0 Å². The molecule has 1 aromatic heterocycles. The summed E-state index contributed by atoms with van der Waals surface area (Å²) in [7, 11) is 0. The maximum atomic E-state index is 11.8. The van der Waals surface area contributed by atoms with Gasteiger partial charge in [-0.15, -0.1) is 11.3 Å². The smallest absolute Gasteiger partial charge is 0.244 e. The van der Waals surface area contributed by atoms with E-state index in [4.69, 9.17) is 5.73 Å². The number of thiophene rings is 1. The molecule has 0 spiro atoms. The fraction of sp³-hybridized carbons (Fsp3) is 0.133. The summed E-state index contributed by atoms with van der Waals surface area (Å²) >= 11 is 1.63. The van der Waals surface area contributed by atoms with E-state index in [-0.39, 0.29) is 11.9 Å². The molecule has 1 heterocycles. The molecule has 0 bridgehead atoms. The zero-order valence-electron chi connectivity index (χ0n) is 10.7. The third-order valence-electron chi connectivity index (χ3n) is 2.67. The molecule has 0 unspecified atom stereocenters. The van der Waals surface area contributed by atoms with Crippen molar-refractivity contribution in [2.24, 2.45) is 0 Å². The standard InChI is InChI=1S/C15H16N2OS/c1-11(14-6-3-9-19-14)17-15(18)8-7-12-4-2-5-13(16)10-12/h2-11H,16H2,1H3,(H,17,18)/b8-7+/t11-/m0/s1. The number of carbonyl (C=O) groups excluding carboxylic acids is 1. The Bertz CT molecular complexity index is 576. The van der Waals surface area contributed by atoms with Crippen LogP contribution in [-0.4, -0.2) is 5.91 Å². The van der Waals surface area contributed by atoms with E-state index in [1.807, 2.05) is 48.7 Å². The van der Waals surface area contributed by atoms with Crippen LogP contribution >= 0.6 is 11.3 Å². The van der Waals surface area contributed by atoms with Gasteiger partial charge in [-0.2, -0.15) is 0 Å². The van der Waals surface area contributed by atoms with Gasteiger partial charge in [0.2, 0.25) is 5.91 Å². The minimum Gasteiger partial charge on any atom is -0.399 e. The molecule has 4 heteroatoms. The molecule has 3 nitrogen and oxygen atoms in total. The van der Waals surface area contributed by atoms with Crippen LogP contribution in [0.15, 0.2) is 47.9 Å². The lowest BCUT2D eigenvalue weighted by molar-refractivity contribution is -0.117. The van der Waals surface area contributed by atoms with Crippen molar-refractivity contribution in [2.45, 2.75) is 13.0 Å². The summed E-state index contributed by atoms with van der Waals surface area (Å²) in [6.07, 6.45) is 3.28. The van der Waals surface area contributed by atoms with Crippen molar-refractivity contribution in [3.05, 3.63) is 58.3 Å². The van der Waals surface area contributed by atoms with Gasteiger partial charge in [-0.3, -0.25) is 4.79 Å². The molecule has 3 N–H and O–H groups in total. The molecule has 0 saturated carbocycles. The van der Waals surface area contributed by atoms with Crippen LogP contribution in [0.2, 0.25) is 0 Å². The van der Waals surface area contributed by atoms with Crippen molar-refractivity contribution in [3.8, 4) is 0 Å². The molecule has 98 valence electrons. The number of nitrogen functional groups attached to an aromatic ring is 1. The number of nitrogens with two attached hydrogens (primary N) is 1. The summed E-state index contributed by atoms with van der Waals surface area (Å²) in [6.45, 7) is 1.97. The van der Waals surface area contributed by atoms with Crippen molar-refractivity contribution >= 4 is 29.0 Å². The van der Waals surface area contributed by atoms with Crippen LogP contribution in [0.25, 0.3) is 6.08 Å². The van der Waals surface area contributed by atoms with E-state index in [0.29, 0.717) is 5.69 Å². The first-order valence-electron chi connectivity index (χ1n) is 6.02. The second-order valence-corrected chi connectivity index (χ2v) is 5.23. The molecule has 0 fully saturated rings. The van der Waals surface area contributed by atoms with Crippen LogP contribution in [0.3, 0.4) is 0 Å². The van der Waals surface area contributed by atoms with E-state index in [9.17, 15) is 4.79 Å². The van der Waals surface area contributed by atoms with E-state index in [1.54, 1.807) is 17.4 Å². The largest absolute Gasteiger partial charge is 0.399 e. The lowest BCUT2D eigenvalue weighted by atomic mass is 10.2. The predicted octanol–water partition coefficient (Wildman–Crippen LogP) is 3.22. The molecule has 1 aromatic carbocycles. The SMILES string of the molecule is C[C@H](NC(=O)/C=C/c1cccc(N)c1)c1cccs1. The second-order valence-electron chi connectivity index (χ2n) is 4.25. The Hall–Kier alpha value is -2.07. The molecule has 1 atom stereocenters. The number of amides is 1. The molecule has 0 aliphatic rings. The van der Waals surface area contributed by atoms with E-state index in [1.165, 1.54) is 6.08 Å². The zero-order chi connectivity index (χ0) is 13.7. The number of hydrogen-bond donors (Lipinski definition) is 2. The first-order valence-corrected chi connectivity index (χ1v) is 6.90. The monoisotopic (exact) mass is 272 g/mol. The van der Waals surface area contributed by atoms with Gasteiger partial charge in [0.25, 0.3) is 0 Å². The average molecular weight is 272 g/mol. The van der Waals surface area contributed by atoms with Crippen molar-refractivity contribution in [1.82, 2.24) is 5.32 Å². The van der Waals surface area contributed by atoms with Crippen molar-refractivity contribution < 1.29 is 4.79 Å². The normalized spacial score (nSPS) is 12.5. The lowest BCUT2D eigenvalue weighted by Gasteiger charge is -2.09. The topological polar surface area (TPSA) is 55.1 Å². The molecule has 19 heavy (non-hydrogen) atoms. The molecule has 0 radical (unpaired) electrons. The summed E-state index contributed by atoms with van der Waals surface area (Å²) < 4.78 is 0. The molecule has 0 saturated heterocycles. The quantitative estimate of drug-likeness (QED) is 0.663. The molecule has 2 aromatic rings. The minimum absolute atomic E-state index is 0.0259. The number of carbonyl (C=O) groups is 1. The zero-order valence-corrected chi connectivity index (χ0v) is 11.5. The highest BCUT2D eigenvalue weighted by atomic mass is 32.1. The molecule has 1 amide bonds. The minimum atomic E-state index is -0.108. The van der Waals surface area contributed by atoms with Gasteiger partial charge in [0.05, 0.1) is 6.04 Å². The highest BCUT2D eigenvalue weighted by Crippen LogP contribution is 2.18. The van der Waals surface area contributed by atoms with E-state index in [2.05, 4.69) is 5.32 Å². The molecule has 2 rings (SSSR count). The number of rotatable bonds is 4. The van der Waals surface area contributed by atoms with Crippen molar-refractivity contribution in [1.29, 1.82) is 0 Å². The molecule has 0 aliphatic carbocycles. The fourth-order valence-electron chi connectivity index (χ4n) is 1.70. The third kappa shape index (κ3) is 3.96. The maximum Gasteiger partial charge on any atom is 0.244 e. The third-order valence-corrected chi connectivity index (χ3v) is 3.72. The summed E-state index contributed by atoms with van der Waals surface area (Å²) in [4.78, 5) is 12.9. The fourth-order valence-corrected chi connectivity index (χ4v) is 2.44. The first kappa shape index (κ1) is 13.4. The van der Waals surface area contributed by atoms with Gasteiger partial charge >= 0.3 is 0 Å². The summed E-state index contributed by atoms with van der Waals surface area (Å²) in [6, 6.07) is 11.4. The van der Waals surface area contributed by atoms with E-state index in [0.717, 1.165) is 10.4 Å². The Morgan fingerprint density at radius 2 is 2.21 bits per heavy atom. The van der Waals surface area contributed by atoms with Gasteiger partial charge in [-0.25, -0.2) is 0 Å². The summed E-state index contributed by atoms with van der Waals surface area (Å²) in [5.41, 5.74) is 7.28. The summed E-state index contributed by atoms with van der Waals surface area (Å²) in [5, 5.41) is 4.92. The summed E-state index contributed by atoms with van der Waals surface area (Å²) in [5.74, 6) is -0.108. The van der Waals surface area contributed by atoms with Crippen LogP contribution < -0.4 is 11.1 Å². The van der Waals surface area contributed by atoms with Crippen molar-refractivity contribution in [3.63, 3.8) is 0 Å². The van der Waals surface area contributed by atoms with Gasteiger partial charge < -0.3 is 11.1 Å². The van der Waals surface area contributed by atoms with Crippen LogP contribution in [0, 0.1) is 0 Å². The van der Waals surface area contributed by atoms with Crippen molar-refractivity contribution in [2.75, 3.05) is 5.73 Å². The Morgan fingerprint density at radius 1 is 1.37 bits per heavy atom. The number of benzene rings is 1. The molecular formula is C15H16N2OS. The lowest BCUT2D eigenvalue weighted by Crippen LogP contribution is -2.23. The number of hydrogen-bond acceptors (Lipinski definition) is 3. The Morgan fingerprint density at radius 3 is 2.89 bits per heavy atom. The first-order chi connectivity index (χ1) is 9.15. The van der Waals surface area contributed by atoms with Gasteiger partial charge in [-0.1, -0.05) is 18.2 Å². The Labute approximate surface area is 116 Å². The van der Waals surface area contributed by atoms with Crippen LogP contribution in [0.4, 0.5) is 5.69 Å². The van der Waals surface area contributed by atoms with Gasteiger partial charge in [0.1, 0.15) is 0 Å². The number of nitrogens with one attached hydrogen (secondary N) is 1. The molecule has 0 aliphatic heterocycles. The Kier molecular flexibility index (Phi) is 4.36. The average Bonchev–Trinajstić information content (AvgIpc) is 2.90. The van der Waals surface area contributed by atoms with Crippen LogP contribution in [0.1, 0.15) is 23.4 Å². The van der Waals surface area contributed by atoms with Crippen LogP contribution in [-0.2, 0) is 4.79 Å². The van der Waals surface area contributed by atoms with E-state index >= 15 is 0 Å². The van der Waals surface area contributed by atoms with Gasteiger partial charge in [0, 0.05) is 16.6 Å².